The molecule has 10 saturated carbocycles. The number of carbonyl (C=O) groups is 3. The van der Waals surface area contributed by atoms with Gasteiger partial charge in [0.1, 0.15) is 23.4 Å². The molecule has 59 heavy (non-hydrogen) atoms. The van der Waals surface area contributed by atoms with Gasteiger partial charge in [0.05, 0.1) is 27.1 Å². The van der Waals surface area contributed by atoms with Crippen LogP contribution in [0, 0.1) is 63.1 Å². The van der Waals surface area contributed by atoms with Gasteiger partial charge in [-0.1, -0.05) is 20.8 Å². The quantitative estimate of drug-likeness (QED) is 0.128. The summed E-state index contributed by atoms with van der Waals surface area (Å²) in [6, 6.07) is 0. The molecule has 10 bridgehead atoms. The number of rotatable bonds is 10. The first kappa shape index (κ1) is 45.3. The van der Waals surface area contributed by atoms with Gasteiger partial charge in [-0.25, -0.2) is 0 Å². The maximum Gasteiger partial charge on any atom is 0.312 e. The molecule has 0 aromatic heterocycles. The fraction of sp³-hybridized carbons (Fsp3) is 0.938. The van der Waals surface area contributed by atoms with E-state index in [4.69, 9.17) is 18.4 Å². The van der Waals surface area contributed by atoms with Crippen LogP contribution in [0.25, 0.3) is 0 Å². The van der Waals surface area contributed by atoms with E-state index in [1.54, 1.807) is 0 Å². The van der Waals surface area contributed by atoms with Crippen LogP contribution in [0.15, 0.2) is 0 Å². The van der Waals surface area contributed by atoms with Gasteiger partial charge in [-0.15, -0.1) is 0 Å². The Bertz CT molecular complexity index is 1690. The average Bonchev–Trinajstić information content (AvgIpc) is 3.75. The molecule has 1 saturated heterocycles. The molecule has 7 atom stereocenters. The van der Waals surface area contributed by atoms with Crippen LogP contribution < -0.4 is 0 Å². The van der Waals surface area contributed by atoms with Gasteiger partial charge in [0.25, 0.3) is 10.1 Å². The largest absolute Gasteiger partial charge is 0.459 e. The van der Waals surface area contributed by atoms with E-state index in [1.165, 1.54) is 44.9 Å². The van der Waals surface area contributed by atoms with Gasteiger partial charge in [0, 0.05) is 23.7 Å². The first-order chi connectivity index (χ1) is 27.2. The Balaban J connectivity index is 0.000000134. The molecule has 10 nitrogen and oxygen atoms in total. The summed E-state index contributed by atoms with van der Waals surface area (Å²) in [6.07, 6.45) is 16.7. The van der Waals surface area contributed by atoms with Crippen LogP contribution in [0.2, 0.25) is 0 Å². The number of hydrogen-bond donors (Lipinski definition) is 1. The van der Waals surface area contributed by atoms with Gasteiger partial charge >= 0.3 is 17.9 Å². The third kappa shape index (κ3) is 8.43. The average molecular weight is 847 g/mol. The van der Waals surface area contributed by atoms with Crippen LogP contribution in [0.1, 0.15) is 185 Å². The Labute approximate surface area is 355 Å². The zero-order chi connectivity index (χ0) is 43.4. The molecule has 0 amide bonds. The van der Waals surface area contributed by atoms with Crippen molar-refractivity contribution in [2.75, 3.05) is 0 Å². The minimum atomic E-state index is -3.43. The summed E-state index contributed by atoms with van der Waals surface area (Å²) in [5, 5.41) is 10.3. The Hall–Kier alpha value is -1.72. The Morgan fingerprint density at radius 3 is 1.61 bits per heavy atom. The molecule has 11 heteroatoms. The number of hydrogen-bond acceptors (Lipinski definition) is 10. The van der Waals surface area contributed by atoms with Crippen molar-refractivity contribution in [3.63, 3.8) is 0 Å². The van der Waals surface area contributed by atoms with Gasteiger partial charge in [0.15, 0.2) is 0 Å². The summed E-state index contributed by atoms with van der Waals surface area (Å²) >= 11 is 0. The molecule has 11 fully saturated rings. The molecule has 0 aromatic rings. The maximum atomic E-state index is 12.6. The summed E-state index contributed by atoms with van der Waals surface area (Å²) in [5.41, 5.74) is -2.28. The fourth-order valence-electron chi connectivity index (χ4n) is 13.7. The normalized spacial score (nSPS) is 41.8. The second-order valence-electron chi connectivity index (χ2n) is 23.9. The molecule has 0 aromatic carbocycles. The topological polar surface area (TPSA) is 142 Å². The predicted molar refractivity (Wildman–Crippen MR) is 225 cm³/mol. The second kappa shape index (κ2) is 15.2. The van der Waals surface area contributed by atoms with Crippen molar-refractivity contribution in [1.82, 2.24) is 0 Å². The molecule has 336 valence electrons. The summed E-state index contributed by atoms with van der Waals surface area (Å²) in [7, 11) is -3.43. The Morgan fingerprint density at radius 1 is 0.644 bits per heavy atom. The van der Waals surface area contributed by atoms with Crippen LogP contribution in [0.5, 0.6) is 0 Å². The lowest BCUT2D eigenvalue weighted by Gasteiger charge is -2.61. The SMILES string of the molecule is CCC(C)(C)C(=O)OC(C)(C)C12CC3CC(CC(C3)C1)C2.CCC(C)(C)C(=O)OC12CC3CC(CC(O)(C3)C1)C2.CCC(C)(C)C(=O)OC1C2CC3C1OS(=O)(=O)C3C2. The van der Waals surface area contributed by atoms with E-state index in [0.29, 0.717) is 31.1 Å². The molecule has 11 rings (SSSR count). The van der Waals surface area contributed by atoms with Crippen molar-refractivity contribution < 1.29 is 46.3 Å². The molecule has 7 unspecified atom stereocenters. The minimum Gasteiger partial charge on any atom is -0.459 e. The van der Waals surface area contributed by atoms with Crippen molar-refractivity contribution in [2.45, 2.75) is 220 Å². The Kier molecular flexibility index (Phi) is 11.7. The van der Waals surface area contributed by atoms with E-state index in [0.717, 1.165) is 62.7 Å². The molecular weight excluding hydrogens is 769 g/mol. The number of carbonyl (C=O) groups excluding carboxylic acids is 3. The number of ether oxygens (including phenoxy) is 3. The summed E-state index contributed by atoms with van der Waals surface area (Å²) in [5.74, 6) is 3.64. The van der Waals surface area contributed by atoms with Crippen LogP contribution in [0.3, 0.4) is 0 Å². The standard InChI is InChI=1S/C19H32O2.C16H26O3.C13H20O5S/c1-6-17(2,3)16(20)21-18(4,5)19-10-13-7-14(11-19)9-15(8-13)12-19;1-4-14(2,3)13(17)19-16-8-11-5-12(9-16)7-15(18,6-11)10-16;1-4-13(2,3)12(14)17-10-7-5-8-9(6-7)19(15,16)18-11(8)10/h13-15H,6-12H2,1-5H3;11-12,18H,4-10H2,1-3H3;7-11H,4-6H2,1-3H3. The van der Waals surface area contributed by atoms with Crippen molar-refractivity contribution >= 4 is 28.0 Å². The summed E-state index contributed by atoms with van der Waals surface area (Å²) in [6.45, 7) is 22.0. The maximum absolute atomic E-state index is 12.6. The highest BCUT2D eigenvalue weighted by Crippen LogP contribution is 2.65. The number of aliphatic hydroxyl groups is 1. The van der Waals surface area contributed by atoms with Crippen LogP contribution in [-0.2, 0) is 42.9 Å². The lowest BCUT2D eigenvalue weighted by atomic mass is 9.46. The van der Waals surface area contributed by atoms with Gasteiger partial charge in [-0.05, 0) is 188 Å². The first-order valence-electron chi connectivity index (χ1n) is 23.5. The third-order valence-electron chi connectivity index (χ3n) is 17.9. The van der Waals surface area contributed by atoms with E-state index in [2.05, 4.69) is 20.8 Å². The Morgan fingerprint density at radius 2 is 1.12 bits per heavy atom. The van der Waals surface area contributed by atoms with E-state index in [-0.39, 0.29) is 63.1 Å². The van der Waals surface area contributed by atoms with E-state index < -0.39 is 32.7 Å². The van der Waals surface area contributed by atoms with E-state index in [9.17, 15) is 27.9 Å². The van der Waals surface area contributed by atoms with Crippen molar-refractivity contribution in [2.24, 2.45) is 63.1 Å². The third-order valence-corrected chi connectivity index (χ3v) is 19.7. The van der Waals surface area contributed by atoms with Gasteiger partial charge in [-0.3, -0.25) is 18.6 Å². The zero-order valence-corrected chi connectivity index (χ0v) is 39.1. The molecular formula is C48H78O10S. The first-order valence-corrected chi connectivity index (χ1v) is 25.0. The van der Waals surface area contributed by atoms with Crippen molar-refractivity contribution in [3.8, 4) is 0 Å². The van der Waals surface area contributed by atoms with Crippen molar-refractivity contribution in [3.05, 3.63) is 0 Å². The fourth-order valence-corrected chi connectivity index (χ4v) is 15.6. The second-order valence-corrected chi connectivity index (χ2v) is 25.7. The van der Waals surface area contributed by atoms with Crippen molar-refractivity contribution in [1.29, 1.82) is 0 Å². The van der Waals surface area contributed by atoms with Crippen LogP contribution in [0.4, 0.5) is 0 Å². The highest BCUT2D eigenvalue weighted by atomic mass is 32.2. The number of fused-ring (bicyclic) bond motifs is 1. The van der Waals surface area contributed by atoms with E-state index >= 15 is 0 Å². The molecule has 1 N–H and O–H groups in total. The monoisotopic (exact) mass is 847 g/mol. The van der Waals surface area contributed by atoms with Gasteiger partial charge < -0.3 is 19.3 Å². The van der Waals surface area contributed by atoms with Gasteiger partial charge in [0.2, 0.25) is 0 Å². The highest BCUT2D eigenvalue weighted by molar-refractivity contribution is 7.87. The smallest absolute Gasteiger partial charge is 0.312 e. The van der Waals surface area contributed by atoms with Crippen LogP contribution in [-0.4, -0.2) is 65.7 Å². The molecule has 10 aliphatic carbocycles. The van der Waals surface area contributed by atoms with Gasteiger partial charge in [-0.2, -0.15) is 8.42 Å². The number of esters is 3. The molecule has 1 aliphatic heterocycles. The lowest BCUT2D eigenvalue weighted by Crippen LogP contribution is -2.61. The molecule has 0 radical (unpaired) electrons. The summed E-state index contributed by atoms with van der Waals surface area (Å²) in [4.78, 5) is 37.1. The zero-order valence-electron chi connectivity index (χ0n) is 38.3. The highest BCUT2D eigenvalue weighted by Gasteiger charge is 2.66. The minimum absolute atomic E-state index is 0.00857. The predicted octanol–water partition coefficient (Wildman–Crippen LogP) is 9.48. The molecule has 11 aliphatic rings. The van der Waals surface area contributed by atoms with E-state index in [1.807, 2.05) is 55.4 Å². The lowest BCUT2D eigenvalue weighted by molar-refractivity contribution is -0.225. The summed E-state index contributed by atoms with van der Waals surface area (Å²) < 4.78 is 46.5. The molecule has 1 heterocycles. The molecule has 0 spiro atoms. The van der Waals surface area contributed by atoms with Crippen LogP contribution >= 0.6 is 0 Å².